The molecule has 1 aliphatic carbocycles. The van der Waals surface area contributed by atoms with Crippen molar-refractivity contribution in [2.75, 3.05) is 11.9 Å². The van der Waals surface area contributed by atoms with Crippen molar-refractivity contribution < 1.29 is 9.18 Å². The zero-order valence-corrected chi connectivity index (χ0v) is 19.7. The van der Waals surface area contributed by atoms with Crippen molar-refractivity contribution in [1.29, 1.82) is 0 Å². The summed E-state index contributed by atoms with van der Waals surface area (Å²) in [7, 11) is 0. The van der Waals surface area contributed by atoms with Gasteiger partial charge in [0.15, 0.2) is 0 Å². The highest BCUT2D eigenvalue weighted by Gasteiger charge is 2.50. The molecule has 2 aromatic heterocycles. The van der Waals surface area contributed by atoms with Crippen LogP contribution < -0.4 is 5.32 Å². The third-order valence-corrected chi connectivity index (χ3v) is 7.54. The van der Waals surface area contributed by atoms with Crippen LogP contribution in [0.2, 0.25) is 5.02 Å². The molecular formula is C25H23ClFN7O. The fourth-order valence-electron chi connectivity index (χ4n) is 5.34. The Morgan fingerprint density at radius 3 is 2.74 bits per heavy atom. The molecule has 0 radical (unpaired) electrons. The number of benzene rings is 2. The van der Waals surface area contributed by atoms with E-state index in [-0.39, 0.29) is 23.8 Å². The van der Waals surface area contributed by atoms with Crippen LogP contribution in [0.1, 0.15) is 30.1 Å². The van der Waals surface area contributed by atoms with Gasteiger partial charge in [-0.15, -0.1) is 0 Å². The summed E-state index contributed by atoms with van der Waals surface area (Å²) >= 11 is 6.30. The van der Waals surface area contributed by atoms with Gasteiger partial charge in [0.2, 0.25) is 0 Å². The Hall–Kier alpha value is -3.59. The molecule has 0 unspecified atom stereocenters. The molecule has 4 aromatic rings. The molecule has 1 N–H and O–H groups in total. The van der Waals surface area contributed by atoms with Crippen LogP contribution in [-0.4, -0.2) is 54.4 Å². The monoisotopic (exact) mass is 491 g/mol. The van der Waals surface area contributed by atoms with Crippen molar-refractivity contribution in [3.63, 3.8) is 0 Å². The van der Waals surface area contributed by atoms with Crippen molar-refractivity contribution in [3.05, 3.63) is 71.4 Å². The first-order chi connectivity index (χ1) is 17.0. The Bertz CT molecular complexity index is 1410. The van der Waals surface area contributed by atoms with Crippen molar-refractivity contribution in [3.8, 4) is 5.69 Å². The number of nitrogens with one attached hydrogen (secondary N) is 1. The van der Waals surface area contributed by atoms with Gasteiger partial charge in [0.25, 0.3) is 5.91 Å². The van der Waals surface area contributed by atoms with E-state index in [9.17, 15) is 9.18 Å². The molecule has 2 bridgehead atoms. The number of fused-ring (bicyclic) bond motifs is 3. The lowest BCUT2D eigenvalue weighted by Crippen LogP contribution is -2.64. The van der Waals surface area contributed by atoms with Gasteiger partial charge in [-0.05, 0) is 55.0 Å². The smallest absolute Gasteiger partial charge is 0.256 e. The molecule has 178 valence electrons. The number of hydrogen-bond donors (Lipinski definition) is 1. The molecule has 2 atom stereocenters. The molecule has 4 heterocycles. The Labute approximate surface area is 206 Å². The molecule has 2 aliphatic heterocycles. The second-order valence-electron chi connectivity index (χ2n) is 9.27. The van der Waals surface area contributed by atoms with Crippen molar-refractivity contribution in [1.82, 2.24) is 29.9 Å². The average molecular weight is 492 g/mol. The van der Waals surface area contributed by atoms with Crippen LogP contribution in [0.5, 0.6) is 0 Å². The molecule has 10 heteroatoms. The second kappa shape index (κ2) is 8.57. The van der Waals surface area contributed by atoms with Gasteiger partial charge in [-0.3, -0.25) is 9.78 Å². The molecule has 0 spiro atoms. The molecule has 8 nitrogen and oxygen atoms in total. The maximum atomic E-state index is 14.0. The van der Waals surface area contributed by atoms with E-state index in [4.69, 9.17) is 11.6 Å². The van der Waals surface area contributed by atoms with Crippen LogP contribution in [-0.2, 0) is 0 Å². The Morgan fingerprint density at radius 2 is 1.94 bits per heavy atom. The number of amides is 1. The van der Waals surface area contributed by atoms with Gasteiger partial charge in [-0.2, -0.15) is 15.0 Å². The Morgan fingerprint density at radius 1 is 1.14 bits per heavy atom. The largest absolute Gasteiger partial charge is 0.367 e. The van der Waals surface area contributed by atoms with Crippen molar-refractivity contribution in [2.24, 2.45) is 11.8 Å². The number of carbonyl (C=O) groups is 1. The van der Waals surface area contributed by atoms with E-state index in [0.717, 1.165) is 12.8 Å². The zero-order chi connectivity index (χ0) is 24.1. The van der Waals surface area contributed by atoms with E-state index in [1.54, 1.807) is 42.9 Å². The van der Waals surface area contributed by atoms with Crippen LogP contribution in [0, 0.1) is 17.7 Å². The van der Waals surface area contributed by atoms with Gasteiger partial charge >= 0.3 is 0 Å². The first-order valence-corrected chi connectivity index (χ1v) is 12.0. The summed E-state index contributed by atoms with van der Waals surface area (Å²) in [4.78, 5) is 26.3. The summed E-state index contributed by atoms with van der Waals surface area (Å²) in [5, 5.41) is 12.3. The summed E-state index contributed by atoms with van der Waals surface area (Å²) in [5.41, 5.74) is 2.18. The summed E-state index contributed by atoms with van der Waals surface area (Å²) < 4.78 is 13.5. The Balaban J connectivity index is 1.29. The van der Waals surface area contributed by atoms with Crippen LogP contribution in [0.3, 0.4) is 0 Å². The second-order valence-corrected chi connectivity index (χ2v) is 9.71. The molecular weight excluding hydrogens is 469 g/mol. The number of nitrogens with zero attached hydrogens (tertiary/aromatic N) is 6. The molecule has 2 aromatic carbocycles. The molecule has 3 fully saturated rings. The fraction of sp³-hybridized carbons (Fsp3) is 0.320. The first kappa shape index (κ1) is 21.9. The van der Waals surface area contributed by atoms with E-state index >= 15 is 0 Å². The number of rotatable bonds is 5. The standard InChI is InChI=1S/C25H23ClFN7O/c1-14-15-8-18(9-15)33(25(35)19-10-16(26)2-5-22(19)34-30-6-7-31-34)23(14)12-29-24-13-28-21-11-17(27)3-4-20(21)32-24/h2-7,10-11,13-15,18,23H,8-9,12H2,1H3,(H,29,32)/t14-,15?,18?,23-/m1/s1. The zero-order valence-electron chi connectivity index (χ0n) is 19.0. The van der Waals surface area contributed by atoms with Gasteiger partial charge in [-0.25, -0.2) is 9.37 Å². The van der Waals surface area contributed by atoms with Gasteiger partial charge in [0.05, 0.1) is 46.9 Å². The number of carbonyl (C=O) groups excluding carboxylic acids is 1. The van der Waals surface area contributed by atoms with Gasteiger partial charge < -0.3 is 10.2 Å². The average Bonchev–Trinajstić information content (AvgIpc) is 3.36. The van der Waals surface area contributed by atoms with Gasteiger partial charge in [0, 0.05) is 23.7 Å². The van der Waals surface area contributed by atoms with E-state index in [2.05, 4.69) is 32.4 Å². The molecule has 2 saturated heterocycles. The molecule has 3 aliphatic rings. The highest BCUT2D eigenvalue weighted by Crippen LogP contribution is 2.47. The fourth-order valence-corrected chi connectivity index (χ4v) is 5.51. The number of aromatic nitrogens is 5. The van der Waals surface area contributed by atoms with Crippen molar-refractivity contribution >= 4 is 34.4 Å². The SMILES string of the molecule is C[C@@H]1C2CC(C2)N(C(=O)c2cc(Cl)ccc2-n2nccn2)[C@@H]1CNc1cnc2cc(F)ccc2n1. The highest BCUT2D eigenvalue weighted by atomic mass is 35.5. The molecule has 1 saturated carbocycles. The van der Waals surface area contributed by atoms with Gasteiger partial charge in [-0.1, -0.05) is 18.5 Å². The first-order valence-electron chi connectivity index (χ1n) is 11.6. The van der Waals surface area contributed by atoms with Crippen LogP contribution >= 0.6 is 11.6 Å². The minimum Gasteiger partial charge on any atom is -0.367 e. The maximum absolute atomic E-state index is 14.0. The maximum Gasteiger partial charge on any atom is 0.256 e. The summed E-state index contributed by atoms with van der Waals surface area (Å²) in [6.07, 6.45) is 6.75. The Kier molecular flexibility index (Phi) is 5.36. The van der Waals surface area contributed by atoms with Crippen LogP contribution in [0.15, 0.2) is 55.0 Å². The van der Waals surface area contributed by atoms with E-state index < -0.39 is 0 Å². The molecule has 7 rings (SSSR count). The topological polar surface area (TPSA) is 88.8 Å². The normalized spacial score (nSPS) is 23.2. The lowest BCUT2D eigenvalue weighted by molar-refractivity contribution is -0.0502. The number of piperidine rings is 2. The van der Waals surface area contributed by atoms with E-state index in [1.807, 2.05) is 4.90 Å². The number of hydrogen-bond acceptors (Lipinski definition) is 6. The summed E-state index contributed by atoms with van der Waals surface area (Å²) in [6, 6.07) is 9.68. The van der Waals surface area contributed by atoms with Crippen LogP contribution in [0.4, 0.5) is 10.2 Å². The summed E-state index contributed by atoms with van der Waals surface area (Å²) in [6.45, 7) is 2.73. The minimum absolute atomic E-state index is 0.0388. The van der Waals surface area contributed by atoms with E-state index in [0.29, 0.717) is 51.5 Å². The lowest BCUT2D eigenvalue weighted by Gasteiger charge is -2.57. The minimum atomic E-state index is -0.345. The summed E-state index contributed by atoms with van der Waals surface area (Å²) in [5.74, 6) is 1.06. The predicted octanol–water partition coefficient (Wildman–Crippen LogP) is 4.35. The predicted molar refractivity (Wildman–Crippen MR) is 130 cm³/mol. The molecule has 35 heavy (non-hydrogen) atoms. The van der Waals surface area contributed by atoms with E-state index in [1.165, 1.54) is 16.9 Å². The van der Waals surface area contributed by atoms with Crippen molar-refractivity contribution in [2.45, 2.75) is 31.8 Å². The number of halogens is 2. The third kappa shape index (κ3) is 3.89. The van der Waals surface area contributed by atoms with Gasteiger partial charge in [0.1, 0.15) is 11.6 Å². The number of anilines is 1. The molecule has 1 amide bonds. The third-order valence-electron chi connectivity index (χ3n) is 7.31. The quantitative estimate of drug-likeness (QED) is 0.446. The lowest BCUT2D eigenvalue weighted by atomic mass is 9.64. The highest BCUT2D eigenvalue weighted by molar-refractivity contribution is 6.31. The van der Waals surface area contributed by atoms with Crippen LogP contribution in [0.25, 0.3) is 16.7 Å².